The van der Waals surface area contributed by atoms with Gasteiger partial charge in [0.25, 0.3) is 0 Å². The van der Waals surface area contributed by atoms with Crippen molar-refractivity contribution in [2.24, 2.45) is 0 Å². The highest BCUT2D eigenvalue weighted by Crippen LogP contribution is 2.25. The number of nitrogens with zero attached hydrogens (tertiary/aromatic N) is 1. The average molecular weight is 322 g/mol. The molecule has 0 spiro atoms. The summed E-state index contributed by atoms with van der Waals surface area (Å²) in [7, 11) is 0. The van der Waals surface area contributed by atoms with Gasteiger partial charge in [0, 0.05) is 5.02 Å². The maximum atomic E-state index is 12.1. The van der Waals surface area contributed by atoms with E-state index in [4.69, 9.17) is 26.3 Å². The van der Waals surface area contributed by atoms with E-state index >= 15 is 0 Å². The quantitative estimate of drug-likeness (QED) is 0.348. The van der Waals surface area contributed by atoms with E-state index in [1.165, 1.54) is 0 Å². The van der Waals surface area contributed by atoms with Crippen LogP contribution >= 0.6 is 11.6 Å². The van der Waals surface area contributed by atoms with Gasteiger partial charge in [0.2, 0.25) is 0 Å². The van der Waals surface area contributed by atoms with Crippen LogP contribution in [0.1, 0.15) is 25.8 Å². The molecule has 0 radical (unpaired) electrons. The fourth-order valence-electron chi connectivity index (χ4n) is 1.80. The fraction of sp³-hybridized carbons (Fsp3) is 0.312. The molecule has 0 heterocycles. The van der Waals surface area contributed by atoms with E-state index in [1.807, 2.05) is 6.07 Å². The van der Waals surface area contributed by atoms with Crippen LogP contribution in [-0.4, -0.2) is 25.2 Å². The van der Waals surface area contributed by atoms with Crippen molar-refractivity contribution in [1.82, 2.24) is 0 Å². The molecule has 0 amide bonds. The predicted molar refractivity (Wildman–Crippen MR) is 81.9 cm³/mol. The minimum absolute atomic E-state index is 0.113. The molecule has 1 rings (SSSR count). The van der Waals surface area contributed by atoms with Gasteiger partial charge in [0.05, 0.1) is 25.7 Å². The van der Waals surface area contributed by atoms with E-state index in [1.54, 1.807) is 38.1 Å². The molecule has 0 aliphatic heterocycles. The van der Waals surface area contributed by atoms with Crippen molar-refractivity contribution in [3.8, 4) is 6.07 Å². The van der Waals surface area contributed by atoms with E-state index in [-0.39, 0.29) is 30.8 Å². The van der Waals surface area contributed by atoms with Crippen molar-refractivity contribution < 1.29 is 19.1 Å². The molecule has 0 saturated carbocycles. The van der Waals surface area contributed by atoms with E-state index < -0.39 is 11.9 Å². The Hall–Kier alpha value is -2.32. The maximum absolute atomic E-state index is 12.1. The first kappa shape index (κ1) is 17.7. The number of benzene rings is 1. The lowest BCUT2D eigenvalue weighted by Crippen LogP contribution is -2.20. The Balaban J connectivity index is 3.45. The van der Waals surface area contributed by atoms with Crippen LogP contribution in [0.4, 0.5) is 0 Å². The number of carbonyl (C=O) groups is 2. The summed E-state index contributed by atoms with van der Waals surface area (Å²) in [5.74, 6) is -1.61. The Kier molecular flexibility index (Phi) is 7.14. The molecule has 0 bridgehead atoms. The number of esters is 2. The first-order chi connectivity index (χ1) is 10.5. The van der Waals surface area contributed by atoms with Gasteiger partial charge in [-0.2, -0.15) is 5.26 Å². The van der Waals surface area contributed by atoms with Gasteiger partial charge in [-0.15, -0.1) is 0 Å². The largest absolute Gasteiger partial charge is 0.462 e. The summed E-state index contributed by atoms with van der Waals surface area (Å²) in [5.41, 5.74) is 0.547. The van der Waals surface area contributed by atoms with Crippen molar-refractivity contribution in [3.63, 3.8) is 0 Å². The third kappa shape index (κ3) is 4.61. The zero-order valence-electron chi connectivity index (χ0n) is 12.4. The molecule has 0 unspecified atom stereocenters. The lowest BCUT2D eigenvalue weighted by atomic mass is 9.97. The Morgan fingerprint density at radius 2 is 1.59 bits per heavy atom. The molecule has 0 aromatic heterocycles. The zero-order chi connectivity index (χ0) is 16.5. The van der Waals surface area contributed by atoms with Gasteiger partial charge in [0.1, 0.15) is 5.57 Å². The van der Waals surface area contributed by atoms with E-state index in [0.29, 0.717) is 10.6 Å². The van der Waals surface area contributed by atoms with Crippen molar-refractivity contribution in [2.45, 2.75) is 20.3 Å². The molecule has 22 heavy (non-hydrogen) atoms. The smallest absolute Gasteiger partial charge is 0.345 e. The standard InChI is InChI=1S/C16H16ClNO4/c1-3-21-15(19)14(16(20)22-4-2)13(9-10-18)11-5-7-12(17)8-6-11/h5-8H,3-4,9H2,1-2H3. The van der Waals surface area contributed by atoms with Crippen LogP contribution in [-0.2, 0) is 19.1 Å². The summed E-state index contributed by atoms with van der Waals surface area (Å²) in [6, 6.07) is 8.44. The van der Waals surface area contributed by atoms with Crippen molar-refractivity contribution >= 4 is 29.1 Å². The molecule has 6 heteroatoms. The third-order valence-electron chi connectivity index (χ3n) is 2.71. The molecular formula is C16H16ClNO4. The lowest BCUT2D eigenvalue weighted by molar-refractivity contribution is -0.146. The highest BCUT2D eigenvalue weighted by atomic mass is 35.5. The van der Waals surface area contributed by atoms with Crippen LogP contribution in [0.25, 0.3) is 5.57 Å². The number of rotatable bonds is 6. The number of carbonyl (C=O) groups excluding carboxylic acids is 2. The second-order valence-corrected chi connectivity index (χ2v) is 4.57. The Labute approximate surface area is 134 Å². The molecular weight excluding hydrogens is 306 g/mol. The lowest BCUT2D eigenvalue weighted by Gasteiger charge is -2.12. The van der Waals surface area contributed by atoms with Crippen molar-refractivity contribution in [2.75, 3.05) is 13.2 Å². The molecule has 116 valence electrons. The SMILES string of the molecule is CCOC(=O)C(C(=O)OCC)=C(CC#N)c1ccc(Cl)cc1. The van der Waals surface area contributed by atoms with Crippen LogP contribution in [0.15, 0.2) is 29.8 Å². The summed E-state index contributed by atoms with van der Waals surface area (Å²) in [6.45, 7) is 3.49. The minimum atomic E-state index is -0.804. The van der Waals surface area contributed by atoms with Crippen LogP contribution in [0.2, 0.25) is 5.02 Å². The molecule has 0 saturated heterocycles. The summed E-state index contributed by atoms with van der Waals surface area (Å²) in [4.78, 5) is 24.2. The number of hydrogen-bond acceptors (Lipinski definition) is 5. The molecule has 1 aromatic carbocycles. The molecule has 1 aromatic rings. The Morgan fingerprint density at radius 1 is 1.09 bits per heavy atom. The normalized spacial score (nSPS) is 9.55. The molecule has 0 fully saturated rings. The number of halogens is 1. The van der Waals surface area contributed by atoms with Crippen LogP contribution in [0.3, 0.4) is 0 Å². The Morgan fingerprint density at radius 3 is 2.00 bits per heavy atom. The van der Waals surface area contributed by atoms with Gasteiger partial charge in [-0.05, 0) is 37.1 Å². The number of nitriles is 1. The van der Waals surface area contributed by atoms with Gasteiger partial charge in [-0.1, -0.05) is 23.7 Å². The van der Waals surface area contributed by atoms with Crippen molar-refractivity contribution in [3.05, 3.63) is 40.4 Å². The summed E-state index contributed by atoms with van der Waals surface area (Å²) >= 11 is 5.83. The summed E-state index contributed by atoms with van der Waals surface area (Å²) < 4.78 is 9.82. The molecule has 0 aliphatic rings. The maximum Gasteiger partial charge on any atom is 0.345 e. The van der Waals surface area contributed by atoms with Crippen molar-refractivity contribution in [1.29, 1.82) is 5.26 Å². The average Bonchev–Trinajstić information content (AvgIpc) is 2.48. The van der Waals surface area contributed by atoms with Crippen LogP contribution in [0, 0.1) is 11.3 Å². The van der Waals surface area contributed by atoms with E-state index in [0.717, 1.165) is 0 Å². The van der Waals surface area contributed by atoms with Crippen LogP contribution in [0.5, 0.6) is 0 Å². The first-order valence-electron chi connectivity index (χ1n) is 6.75. The highest BCUT2D eigenvalue weighted by molar-refractivity contribution is 6.30. The topological polar surface area (TPSA) is 76.4 Å². The van der Waals surface area contributed by atoms with Gasteiger partial charge < -0.3 is 9.47 Å². The highest BCUT2D eigenvalue weighted by Gasteiger charge is 2.26. The molecule has 0 N–H and O–H groups in total. The van der Waals surface area contributed by atoms with Gasteiger partial charge in [0.15, 0.2) is 0 Å². The number of ether oxygens (including phenoxy) is 2. The summed E-state index contributed by atoms with van der Waals surface area (Å²) in [5, 5.41) is 9.52. The molecule has 5 nitrogen and oxygen atoms in total. The van der Waals surface area contributed by atoms with Gasteiger partial charge >= 0.3 is 11.9 Å². The summed E-state index contributed by atoms with van der Waals surface area (Å²) in [6.07, 6.45) is -0.130. The molecule has 0 aliphatic carbocycles. The number of allylic oxidation sites excluding steroid dienone is 1. The van der Waals surface area contributed by atoms with Crippen LogP contribution < -0.4 is 0 Å². The van der Waals surface area contributed by atoms with Gasteiger partial charge in [-0.25, -0.2) is 9.59 Å². The van der Waals surface area contributed by atoms with Gasteiger partial charge in [-0.3, -0.25) is 0 Å². The third-order valence-corrected chi connectivity index (χ3v) is 2.96. The first-order valence-corrected chi connectivity index (χ1v) is 7.13. The molecule has 0 atom stereocenters. The second-order valence-electron chi connectivity index (χ2n) is 4.14. The monoisotopic (exact) mass is 321 g/mol. The fourth-order valence-corrected chi connectivity index (χ4v) is 1.93. The Bertz CT molecular complexity index is 594. The second kappa shape index (κ2) is 8.85. The number of hydrogen-bond donors (Lipinski definition) is 0. The van der Waals surface area contributed by atoms with E-state index in [9.17, 15) is 9.59 Å². The predicted octanol–water partition coefficient (Wildman–Crippen LogP) is 3.13. The minimum Gasteiger partial charge on any atom is -0.462 e. The zero-order valence-corrected chi connectivity index (χ0v) is 13.1. The van der Waals surface area contributed by atoms with E-state index in [2.05, 4.69) is 0 Å².